The lowest BCUT2D eigenvalue weighted by molar-refractivity contribution is -0.138. The van der Waals surface area contributed by atoms with Gasteiger partial charge in [-0.3, -0.25) is 4.79 Å². The highest BCUT2D eigenvalue weighted by molar-refractivity contribution is 5.74. The first-order chi connectivity index (χ1) is 9.47. The smallest absolute Gasteiger partial charge is 0.315 e. The van der Waals surface area contributed by atoms with Crippen LogP contribution in [0.1, 0.15) is 52.9 Å². The van der Waals surface area contributed by atoms with Gasteiger partial charge >= 0.3 is 12.0 Å². The average molecular weight is 284 g/mol. The van der Waals surface area contributed by atoms with Crippen molar-refractivity contribution in [1.29, 1.82) is 0 Å². The third-order valence-electron chi connectivity index (χ3n) is 4.66. The molecule has 1 rings (SSSR count). The van der Waals surface area contributed by atoms with E-state index in [0.29, 0.717) is 18.4 Å². The van der Waals surface area contributed by atoms with Crippen LogP contribution in [0.15, 0.2) is 0 Å². The van der Waals surface area contributed by atoms with E-state index in [0.717, 1.165) is 19.3 Å². The van der Waals surface area contributed by atoms with Gasteiger partial charge in [-0.15, -0.1) is 0 Å². The fourth-order valence-corrected chi connectivity index (χ4v) is 3.09. The van der Waals surface area contributed by atoms with E-state index in [1.807, 2.05) is 6.92 Å². The van der Waals surface area contributed by atoms with Crippen LogP contribution in [0.5, 0.6) is 0 Å². The van der Waals surface area contributed by atoms with Crippen molar-refractivity contribution < 1.29 is 14.7 Å². The zero-order valence-electron chi connectivity index (χ0n) is 12.8. The molecular weight excluding hydrogens is 256 g/mol. The Balaban J connectivity index is 2.31. The maximum Gasteiger partial charge on any atom is 0.315 e. The zero-order valence-corrected chi connectivity index (χ0v) is 12.8. The summed E-state index contributed by atoms with van der Waals surface area (Å²) in [5, 5.41) is 14.6. The fraction of sp³-hybridized carbons (Fsp3) is 0.867. The van der Waals surface area contributed by atoms with Gasteiger partial charge in [-0.25, -0.2) is 4.79 Å². The molecule has 1 fully saturated rings. The van der Waals surface area contributed by atoms with Crippen molar-refractivity contribution in [1.82, 2.24) is 10.6 Å². The number of carboxylic acids is 1. The molecule has 1 saturated carbocycles. The van der Waals surface area contributed by atoms with E-state index < -0.39 is 5.97 Å². The Bertz CT molecular complexity index is 333. The molecule has 0 aliphatic heterocycles. The molecule has 1 aliphatic rings. The minimum atomic E-state index is -0.811. The highest BCUT2D eigenvalue weighted by atomic mass is 16.4. The summed E-state index contributed by atoms with van der Waals surface area (Å²) in [6.45, 7) is 6.76. The fourth-order valence-electron chi connectivity index (χ4n) is 3.09. The van der Waals surface area contributed by atoms with Crippen LogP contribution in [0.4, 0.5) is 4.79 Å². The molecule has 2 amide bonds. The summed E-state index contributed by atoms with van der Waals surface area (Å²) >= 11 is 0. The Hall–Kier alpha value is -1.26. The van der Waals surface area contributed by atoms with Crippen LogP contribution in [0.25, 0.3) is 0 Å². The van der Waals surface area contributed by atoms with E-state index in [9.17, 15) is 9.59 Å². The average Bonchev–Trinajstić information content (AvgIpc) is 2.75. The summed E-state index contributed by atoms with van der Waals surface area (Å²) in [5.74, 6) is 0.416. The second-order valence-electron chi connectivity index (χ2n) is 5.94. The Labute approximate surface area is 121 Å². The van der Waals surface area contributed by atoms with Gasteiger partial charge in [0.25, 0.3) is 0 Å². The normalized spacial score (nSPS) is 27.1. The number of carboxylic acid groups (broad SMARTS) is 1. The number of rotatable bonds is 7. The molecule has 0 heterocycles. The van der Waals surface area contributed by atoms with Crippen molar-refractivity contribution in [2.24, 2.45) is 17.8 Å². The van der Waals surface area contributed by atoms with Crippen LogP contribution in [0.3, 0.4) is 0 Å². The number of carbonyl (C=O) groups excluding carboxylic acids is 1. The van der Waals surface area contributed by atoms with Gasteiger partial charge in [-0.05, 0) is 30.6 Å². The van der Waals surface area contributed by atoms with Crippen LogP contribution in [-0.2, 0) is 4.79 Å². The summed E-state index contributed by atoms with van der Waals surface area (Å²) in [5.41, 5.74) is 0. The van der Waals surface area contributed by atoms with Gasteiger partial charge in [-0.2, -0.15) is 0 Å². The third kappa shape index (κ3) is 5.02. The summed E-state index contributed by atoms with van der Waals surface area (Å²) in [6.07, 6.45) is 4.25. The standard InChI is InChI=1S/C15H28N2O3/c1-4-11(8-14(18)19)9-16-15(20)17-13-7-6-12(5-2)10(13)3/h10-13H,4-9H2,1-3H3,(H,18,19)(H2,16,17,20). The van der Waals surface area contributed by atoms with Crippen LogP contribution >= 0.6 is 0 Å². The summed E-state index contributed by atoms with van der Waals surface area (Å²) in [7, 11) is 0. The molecular formula is C15H28N2O3. The number of hydrogen-bond acceptors (Lipinski definition) is 2. The number of carbonyl (C=O) groups is 2. The highest BCUT2D eigenvalue weighted by Gasteiger charge is 2.32. The third-order valence-corrected chi connectivity index (χ3v) is 4.66. The lowest BCUT2D eigenvalue weighted by atomic mass is 9.93. The minimum Gasteiger partial charge on any atom is -0.481 e. The van der Waals surface area contributed by atoms with Crippen molar-refractivity contribution in [3.63, 3.8) is 0 Å². The highest BCUT2D eigenvalue weighted by Crippen LogP contribution is 2.33. The molecule has 0 saturated heterocycles. The van der Waals surface area contributed by atoms with E-state index in [1.165, 1.54) is 6.42 Å². The van der Waals surface area contributed by atoms with Crippen LogP contribution in [-0.4, -0.2) is 29.7 Å². The first-order valence-electron chi connectivity index (χ1n) is 7.74. The molecule has 0 radical (unpaired) electrons. The maximum absolute atomic E-state index is 11.9. The predicted octanol–water partition coefficient (Wildman–Crippen LogP) is 2.61. The molecule has 0 aromatic carbocycles. The molecule has 5 nitrogen and oxygen atoms in total. The molecule has 116 valence electrons. The quantitative estimate of drug-likeness (QED) is 0.672. The van der Waals surface area contributed by atoms with Gasteiger partial charge in [0.2, 0.25) is 0 Å². The van der Waals surface area contributed by atoms with E-state index >= 15 is 0 Å². The lowest BCUT2D eigenvalue weighted by Crippen LogP contribution is -2.45. The predicted molar refractivity (Wildman–Crippen MR) is 78.5 cm³/mol. The molecule has 0 spiro atoms. The Morgan fingerprint density at radius 3 is 2.50 bits per heavy atom. The van der Waals surface area contributed by atoms with Gasteiger partial charge in [0.1, 0.15) is 0 Å². The van der Waals surface area contributed by atoms with Crippen molar-refractivity contribution in [2.75, 3.05) is 6.54 Å². The molecule has 1 aliphatic carbocycles. The van der Waals surface area contributed by atoms with Gasteiger partial charge in [0.15, 0.2) is 0 Å². The van der Waals surface area contributed by atoms with E-state index in [2.05, 4.69) is 24.5 Å². The van der Waals surface area contributed by atoms with Crippen molar-refractivity contribution in [3.05, 3.63) is 0 Å². The van der Waals surface area contributed by atoms with Gasteiger partial charge in [0, 0.05) is 19.0 Å². The van der Waals surface area contributed by atoms with Crippen LogP contribution in [0.2, 0.25) is 0 Å². The SMILES string of the molecule is CCC(CNC(=O)NC1CCC(CC)C1C)CC(=O)O. The summed E-state index contributed by atoms with van der Waals surface area (Å²) < 4.78 is 0. The molecule has 3 N–H and O–H groups in total. The molecule has 20 heavy (non-hydrogen) atoms. The van der Waals surface area contributed by atoms with E-state index in [-0.39, 0.29) is 24.4 Å². The van der Waals surface area contributed by atoms with Gasteiger partial charge < -0.3 is 15.7 Å². The number of urea groups is 1. The number of amides is 2. The topological polar surface area (TPSA) is 78.4 Å². The molecule has 5 heteroatoms. The van der Waals surface area contributed by atoms with Gasteiger partial charge in [-0.1, -0.05) is 33.6 Å². The van der Waals surface area contributed by atoms with Crippen LogP contribution < -0.4 is 10.6 Å². The number of aliphatic carboxylic acids is 1. The number of hydrogen-bond donors (Lipinski definition) is 3. The maximum atomic E-state index is 11.9. The molecule has 4 unspecified atom stereocenters. The summed E-state index contributed by atoms with van der Waals surface area (Å²) in [4.78, 5) is 22.6. The van der Waals surface area contributed by atoms with Crippen molar-refractivity contribution in [3.8, 4) is 0 Å². The van der Waals surface area contributed by atoms with Gasteiger partial charge in [0.05, 0.1) is 0 Å². The summed E-state index contributed by atoms with van der Waals surface area (Å²) in [6, 6.07) is 0.0851. The minimum absolute atomic E-state index is 0.00245. The Morgan fingerprint density at radius 1 is 1.30 bits per heavy atom. The molecule has 0 aromatic heterocycles. The zero-order chi connectivity index (χ0) is 15.1. The van der Waals surface area contributed by atoms with Crippen LogP contribution in [0, 0.1) is 17.8 Å². The van der Waals surface area contributed by atoms with Crippen molar-refractivity contribution in [2.45, 2.75) is 58.9 Å². The van der Waals surface area contributed by atoms with E-state index in [1.54, 1.807) is 0 Å². The van der Waals surface area contributed by atoms with Crippen molar-refractivity contribution >= 4 is 12.0 Å². The molecule has 4 atom stereocenters. The second kappa shape index (κ2) is 8.12. The first kappa shape index (κ1) is 16.8. The van der Waals surface area contributed by atoms with E-state index in [4.69, 9.17) is 5.11 Å². The second-order valence-corrected chi connectivity index (χ2v) is 5.94. The monoisotopic (exact) mass is 284 g/mol. The largest absolute Gasteiger partial charge is 0.481 e. The Kier molecular flexibility index (Phi) is 6.82. The lowest BCUT2D eigenvalue weighted by Gasteiger charge is -2.22. The molecule has 0 bridgehead atoms. The Morgan fingerprint density at radius 2 is 2.00 bits per heavy atom. The molecule has 0 aromatic rings. The first-order valence-corrected chi connectivity index (χ1v) is 7.74. The number of nitrogens with one attached hydrogen (secondary N) is 2.